The maximum absolute atomic E-state index is 13.8. The van der Waals surface area contributed by atoms with Gasteiger partial charge in [-0.25, -0.2) is 4.79 Å². The van der Waals surface area contributed by atoms with Gasteiger partial charge < -0.3 is 5.11 Å². The van der Waals surface area contributed by atoms with Gasteiger partial charge in [-0.05, 0) is 38.5 Å². The van der Waals surface area contributed by atoms with Crippen molar-refractivity contribution in [1.29, 1.82) is 0 Å². The van der Waals surface area contributed by atoms with E-state index in [0.29, 0.717) is 42.8 Å². The Kier molecular flexibility index (Phi) is 12.9. The minimum atomic E-state index is -0.848. The van der Waals surface area contributed by atoms with Crippen LogP contribution in [0.1, 0.15) is 157 Å². The van der Waals surface area contributed by atoms with E-state index in [-0.39, 0.29) is 0 Å². The van der Waals surface area contributed by atoms with Crippen molar-refractivity contribution in [2.75, 3.05) is 6.54 Å². The summed E-state index contributed by atoms with van der Waals surface area (Å²) in [6.45, 7) is 14.4. The molecule has 222 valence electrons. The van der Waals surface area contributed by atoms with Gasteiger partial charge in [0.25, 0.3) is 0 Å². The summed E-state index contributed by atoms with van der Waals surface area (Å²) >= 11 is 0. The summed E-state index contributed by atoms with van der Waals surface area (Å²) < 4.78 is 0. The van der Waals surface area contributed by atoms with Crippen LogP contribution in [0.25, 0.3) is 0 Å². The molecule has 5 heteroatoms. The summed E-state index contributed by atoms with van der Waals surface area (Å²) in [5.41, 5.74) is -0.848. The number of hydrogen-bond acceptors (Lipinski definition) is 4. The molecule has 0 amide bonds. The molecule has 6 atom stereocenters. The van der Waals surface area contributed by atoms with Crippen molar-refractivity contribution in [1.82, 2.24) is 14.7 Å². The van der Waals surface area contributed by atoms with E-state index in [1.54, 1.807) is 0 Å². The van der Waals surface area contributed by atoms with E-state index in [9.17, 15) is 9.90 Å². The van der Waals surface area contributed by atoms with Gasteiger partial charge in [0.2, 0.25) is 0 Å². The largest absolute Gasteiger partial charge is 0.479 e. The first-order chi connectivity index (χ1) is 18.5. The Morgan fingerprint density at radius 2 is 0.789 bits per heavy atom. The predicted molar refractivity (Wildman–Crippen MR) is 161 cm³/mol. The van der Waals surface area contributed by atoms with Gasteiger partial charge in [0.15, 0.2) is 5.66 Å². The molecule has 0 aromatic carbocycles. The second kappa shape index (κ2) is 15.4. The van der Waals surface area contributed by atoms with Gasteiger partial charge in [-0.1, -0.05) is 119 Å². The van der Waals surface area contributed by atoms with E-state index < -0.39 is 11.6 Å². The minimum absolute atomic E-state index is 0.444. The lowest BCUT2D eigenvalue weighted by atomic mass is 10.1. The van der Waals surface area contributed by atoms with Crippen molar-refractivity contribution in [3.05, 3.63) is 0 Å². The first kappa shape index (κ1) is 31.9. The topological polar surface area (TPSA) is 46.3 Å². The van der Waals surface area contributed by atoms with Crippen molar-refractivity contribution in [3.8, 4) is 0 Å². The summed E-state index contributed by atoms with van der Waals surface area (Å²) in [6, 6.07) is 2.96. The molecule has 0 spiro atoms. The molecule has 0 aromatic rings. The lowest BCUT2D eigenvalue weighted by Crippen LogP contribution is -2.60. The summed E-state index contributed by atoms with van der Waals surface area (Å²) in [5, 5.41) is 11.3. The van der Waals surface area contributed by atoms with Crippen LogP contribution in [-0.2, 0) is 4.79 Å². The van der Waals surface area contributed by atoms with Crippen LogP contribution in [0.4, 0.5) is 0 Å². The summed E-state index contributed by atoms with van der Waals surface area (Å²) in [7, 11) is 0. The number of nitrogens with zero attached hydrogens (tertiary/aromatic N) is 3. The summed E-state index contributed by atoms with van der Waals surface area (Å²) in [6.07, 6.45) is 21.7. The van der Waals surface area contributed by atoms with E-state index >= 15 is 0 Å². The molecule has 3 aliphatic rings. The van der Waals surface area contributed by atoms with E-state index in [4.69, 9.17) is 0 Å². The highest BCUT2D eigenvalue weighted by molar-refractivity contribution is 5.80. The fourth-order valence-corrected chi connectivity index (χ4v) is 7.76. The molecule has 3 saturated heterocycles. The second-order valence-corrected chi connectivity index (χ2v) is 12.9. The number of rotatable bonds is 23. The average molecular weight is 534 g/mol. The zero-order valence-electron chi connectivity index (χ0n) is 26.1. The Morgan fingerprint density at radius 3 is 1.03 bits per heavy atom. The zero-order valence-corrected chi connectivity index (χ0v) is 26.1. The monoisotopic (exact) mass is 533 g/mol. The van der Waals surface area contributed by atoms with E-state index in [1.807, 2.05) is 0 Å². The van der Waals surface area contributed by atoms with Crippen LogP contribution < -0.4 is 0 Å². The minimum Gasteiger partial charge on any atom is -0.479 e. The molecule has 6 unspecified atom stereocenters. The molecule has 1 N–H and O–H groups in total. The van der Waals surface area contributed by atoms with E-state index in [0.717, 1.165) is 25.7 Å². The third-order valence-corrected chi connectivity index (χ3v) is 10.1. The first-order valence-electron chi connectivity index (χ1n) is 17.0. The Labute approximate surface area is 236 Å². The van der Waals surface area contributed by atoms with Crippen LogP contribution in [0.2, 0.25) is 0 Å². The number of aliphatic carboxylic acids is 1. The Bertz CT molecular complexity index is 626. The molecule has 5 nitrogen and oxygen atoms in total. The molecule has 0 aromatic heterocycles. The van der Waals surface area contributed by atoms with Crippen LogP contribution >= 0.6 is 0 Å². The summed E-state index contributed by atoms with van der Waals surface area (Å²) in [5.74, 6) is -0.561. The van der Waals surface area contributed by atoms with Gasteiger partial charge in [0, 0.05) is 42.8 Å². The van der Waals surface area contributed by atoms with Gasteiger partial charge in [-0.3, -0.25) is 14.7 Å². The normalized spacial score (nSPS) is 35.2. The van der Waals surface area contributed by atoms with Gasteiger partial charge in [-0.2, -0.15) is 0 Å². The Hall–Kier alpha value is -0.650. The van der Waals surface area contributed by atoms with Gasteiger partial charge in [0.1, 0.15) is 0 Å². The van der Waals surface area contributed by atoms with Crippen molar-refractivity contribution in [3.63, 3.8) is 0 Å². The van der Waals surface area contributed by atoms with Crippen molar-refractivity contribution in [2.24, 2.45) is 0 Å². The molecule has 3 heterocycles. The third kappa shape index (κ3) is 7.16. The molecule has 0 saturated carbocycles. The van der Waals surface area contributed by atoms with Gasteiger partial charge in [0.05, 0.1) is 0 Å². The molecule has 0 bridgehead atoms. The van der Waals surface area contributed by atoms with Crippen LogP contribution in [0.5, 0.6) is 0 Å². The van der Waals surface area contributed by atoms with Crippen molar-refractivity contribution >= 4 is 5.97 Å². The molecular weight excluding hydrogens is 470 g/mol. The average Bonchev–Trinajstić information content (AvgIpc) is 3.85. The van der Waals surface area contributed by atoms with Gasteiger partial charge >= 0.3 is 5.97 Å². The molecule has 3 fully saturated rings. The highest BCUT2D eigenvalue weighted by atomic mass is 16.4. The first-order valence-corrected chi connectivity index (χ1v) is 17.0. The quantitative estimate of drug-likeness (QED) is 0.135. The molecule has 38 heavy (non-hydrogen) atoms. The maximum atomic E-state index is 13.8. The maximum Gasteiger partial charge on any atom is 0.340 e. The SMILES string of the molecule is CCCCC1C(CCCC)N1CC(C(=O)O)(N1C(CCCC)C1CCCC)N1C(CCCC)C1CCCC. The van der Waals surface area contributed by atoms with Crippen LogP contribution in [0, 0.1) is 0 Å². The Balaban J connectivity index is 1.95. The number of carboxylic acids is 1. The van der Waals surface area contributed by atoms with E-state index in [1.165, 1.54) is 89.9 Å². The third-order valence-electron chi connectivity index (χ3n) is 10.1. The fourth-order valence-electron chi connectivity index (χ4n) is 7.76. The van der Waals surface area contributed by atoms with Crippen LogP contribution in [-0.4, -0.2) is 74.2 Å². The smallest absolute Gasteiger partial charge is 0.340 e. The molecule has 3 aliphatic heterocycles. The lowest BCUT2D eigenvalue weighted by Gasteiger charge is -2.36. The van der Waals surface area contributed by atoms with Gasteiger partial charge in [-0.15, -0.1) is 0 Å². The van der Waals surface area contributed by atoms with Crippen LogP contribution in [0.15, 0.2) is 0 Å². The standard InChI is InChI=1S/C33H63N3O2/c1-7-13-19-26-27(20-14-8-2)34(26)25-33(32(37)38,35-28(21-15-9-3)29(35)22-16-10-4)36-30(23-17-11-5)31(36)24-18-12-6/h26-31H,7-25H2,1-6H3,(H,37,38). The number of hydrogen-bond donors (Lipinski definition) is 1. The Morgan fingerprint density at radius 1 is 0.526 bits per heavy atom. The number of carbonyl (C=O) groups is 1. The molecular formula is C33H63N3O2. The van der Waals surface area contributed by atoms with Crippen molar-refractivity contribution < 1.29 is 9.90 Å². The summed E-state index contributed by atoms with van der Waals surface area (Å²) in [4.78, 5) is 21.5. The molecule has 0 aliphatic carbocycles. The predicted octanol–water partition coefficient (Wildman–Crippen LogP) is 8.07. The van der Waals surface area contributed by atoms with Crippen molar-refractivity contribution in [2.45, 2.75) is 199 Å². The highest BCUT2D eigenvalue weighted by Gasteiger charge is 2.72. The molecule has 3 rings (SSSR count). The molecule has 0 radical (unpaired) electrons. The van der Waals surface area contributed by atoms with E-state index in [2.05, 4.69) is 56.2 Å². The zero-order chi connectivity index (χ0) is 27.7. The highest BCUT2D eigenvalue weighted by Crippen LogP contribution is 2.54. The lowest BCUT2D eigenvalue weighted by molar-refractivity contribution is -0.157. The fraction of sp³-hybridized carbons (Fsp3) is 0.970. The number of unbranched alkanes of at least 4 members (excludes halogenated alkanes) is 6. The number of carboxylic acid groups (broad SMARTS) is 1. The van der Waals surface area contributed by atoms with Crippen LogP contribution in [0.3, 0.4) is 0 Å². The second-order valence-electron chi connectivity index (χ2n) is 12.9.